The molecule has 0 aliphatic rings. The summed E-state index contributed by atoms with van der Waals surface area (Å²) < 4.78 is 13.9. The van der Waals surface area contributed by atoms with Crippen molar-refractivity contribution < 1.29 is 4.39 Å². The number of rotatable bonds is 3. The SMILES string of the molecule is Cc1cc(F)c(Br)cc1NCc1c(C)cccc1C. The van der Waals surface area contributed by atoms with Gasteiger partial charge >= 0.3 is 0 Å². The molecular weight excluding hydrogens is 305 g/mol. The summed E-state index contributed by atoms with van der Waals surface area (Å²) >= 11 is 3.22. The van der Waals surface area contributed by atoms with Gasteiger partial charge in [-0.1, -0.05) is 18.2 Å². The molecule has 1 N–H and O–H groups in total. The van der Waals surface area contributed by atoms with E-state index in [2.05, 4.69) is 53.3 Å². The van der Waals surface area contributed by atoms with E-state index in [1.165, 1.54) is 22.8 Å². The number of halogens is 2. The maximum atomic E-state index is 13.4. The first-order chi connectivity index (χ1) is 8.99. The Bertz CT molecular complexity index is 588. The van der Waals surface area contributed by atoms with Gasteiger partial charge in [-0.05, 0) is 71.1 Å². The zero-order valence-corrected chi connectivity index (χ0v) is 12.9. The molecule has 0 aliphatic heterocycles. The lowest BCUT2D eigenvalue weighted by Gasteiger charge is -2.14. The summed E-state index contributed by atoms with van der Waals surface area (Å²) in [6.45, 7) is 6.87. The van der Waals surface area contributed by atoms with Crippen molar-refractivity contribution in [3.05, 3.63) is 62.9 Å². The molecule has 0 heterocycles. The fourth-order valence-electron chi connectivity index (χ4n) is 2.15. The highest BCUT2D eigenvalue weighted by atomic mass is 79.9. The molecule has 0 aromatic heterocycles. The van der Waals surface area contributed by atoms with E-state index in [0.29, 0.717) is 4.47 Å². The van der Waals surface area contributed by atoms with Crippen molar-refractivity contribution in [1.82, 2.24) is 0 Å². The van der Waals surface area contributed by atoms with E-state index in [-0.39, 0.29) is 5.82 Å². The maximum Gasteiger partial charge on any atom is 0.137 e. The predicted octanol–water partition coefficient (Wildman–Crippen LogP) is 5.13. The molecule has 0 bridgehead atoms. The van der Waals surface area contributed by atoms with Crippen LogP contribution in [0.4, 0.5) is 10.1 Å². The Morgan fingerprint density at radius 3 is 2.32 bits per heavy atom. The molecule has 0 unspecified atom stereocenters. The summed E-state index contributed by atoms with van der Waals surface area (Å²) in [7, 11) is 0. The summed E-state index contributed by atoms with van der Waals surface area (Å²) in [5.41, 5.74) is 5.70. The van der Waals surface area contributed by atoms with Gasteiger partial charge in [-0.2, -0.15) is 0 Å². The van der Waals surface area contributed by atoms with Gasteiger partial charge in [-0.25, -0.2) is 4.39 Å². The van der Waals surface area contributed by atoms with Gasteiger partial charge < -0.3 is 5.32 Å². The highest BCUT2D eigenvalue weighted by Crippen LogP contribution is 2.25. The average Bonchev–Trinajstić information content (AvgIpc) is 2.34. The molecule has 0 fully saturated rings. The Hall–Kier alpha value is -1.35. The molecule has 0 spiro atoms. The predicted molar refractivity (Wildman–Crippen MR) is 82.1 cm³/mol. The first-order valence-electron chi connectivity index (χ1n) is 6.23. The summed E-state index contributed by atoms with van der Waals surface area (Å²) in [6.07, 6.45) is 0. The van der Waals surface area contributed by atoms with Crippen molar-refractivity contribution in [3.8, 4) is 0 Å². The van der Waals surface area contributed by atoms with Crippen LogP contribution in [0.3, 0.4) is 0 Å². The van der Waals surface area contributed by atoms with Crippen molar-refractivity contribution in [2.45, 2.75) is 27.3 Å². The number of nitrogens with one attached hydrogen (secondary N) is 1. The Morgan fingerprint density at radius 1 is 1.05 bits per heavy atom. The molecule has 19 heavy (non-hydrogen) atoms. The molecule has 3 heteroatoms. The Labute approximate surface area is 122 Å². The van der Waals surface area contributed by atoms with Crippen LogP contribution in [-0.2, 0) is 6.54 Å². The van der Waals surface area contributed by atoms with Gasteiger partial charge in [0.2, 0.25) is 0 Å². The quantitative estimate of drug-likeness (QED) is 0.826. The molecular formula is C16H17BrFN. The Kier molecular flexibility index (Phi) is 4.25. The van der Waals surface area contributed by atoms with Gasteiger partial charge in [-0.3, -0.25) is 0 Å². The second kappa shape index (κ2) is 5.74. The van der Waals surface area contributed by atoms with Crippen LogP contribution in [0.15, 0.2) is 34.8 Å². The van der Waals surface area contributed by atoms with Crippen molar-refractivity contribution in [1.29, 1.82) is 0 Å². The fraction of sp³-hybridized carbons (Fsp3) is 0.250. The van der Waals surface area contributed by atoms with Gasteiger partial charge in [0, 0.05) is 12.2 Å². The zero-order valence-electron chi connectivity index (χ0n) is 11.3. The average molecular weight is 322 g/mol. The van der Waals surface area contributed by atoms with Crippen LogP contribution in [0.2, 0.25) is 0 Å². The molecule has 0 radical (unpaired) electrons. The Morgan fingerprint density at radius 2 is 1.68 bits per heavy atom. The lowest BCUT2D eigenvalue weighted by Crippen LogP contribution is -2.05. The van der Waals surface area contributed by atoms with E-state index in [1.54, 1.807) is 6.07 Å². The third-order valence-corrected chi connectivity index (χ3v) is 3.98. The molecule has 1 nitrogen and oxygen atoms in total. The largest absolute Gasteiger partial charge is 0.381 e. The molecule has 0 atom stereocenters. The van der Waals surface area contributed by atoms with Crippen molar-refractivity contribution >= 4 is 21.6 Å². The topological polar surface area (TPSA) is 12.0 Å². The van der Waals surface area contributed by atoms with Gasteiger partial charge in [-0.15, -0.1) is 0 Å². The molecule has 2 rings (SSSR count). The van der Waals surface area contributed by atoms with Gasteiger partial charge in [0.05, 0.1) is 4.47 Å². The minimum absolute atomic E-state index is 0.227. The Balaban J connectivity index is 2.22. The first kappa shape index (κ1) is 14.1. The molecule has 2 aromatic rings. The standard InChI is InChI=1S/C16H17BrFN/c1-10-5-4-6-11(2)13(10)9-19-16-8-14(17)15(18)7-12(16)3/h4-8,19H,9H2,1-3H3. The lowest BCUT2D eigenvalue weighted by molar-refractivity contribution is 0.620. The zero-order chi connectivity index (χ0) is 14.0. The second-order valence-electron chi connectivity index (χ2n) is 4.81. The molecule has 0 amide bonds. The lowest BCUT2D eigenvalue weighted by atomic mass is 10.0. The first-order valence-corrected chi connectivity index (χ1v) is 7.03. The second-order valence-corrected chi connectivity index (χ2v) is 5.66. The van der Waals surface area contributed by atoms with E-state index in [4.69, 9.17) is 0 Å². The minimum Gasteiger partial charge on any atom is -0.381 e. The van der Waals surface area contributed by atoms with Crippen molar-refractivity contribution in [3.63, 3.8) is 0 Å². The van der Waals surface area contributed by atoms with Gasteiger partial charge in [0.1, 0.15) is 5.82 Å². The van der Waals surface area contributed by atoms with Crippen LogP contribution < -0.4 is 5.32 Å². The number of benzene rings is 2. The molecule has 0 saturated heterocycles. The van der Waals surface area contributed by atoms with E-state index in [9.17, 15) is 4.39 Å². The monoisotopic (exact) mass is 321 g/mol. The summed E-state index contributed by atoms with van der Waals surface area (Å²) in [6, 6.07) is 9.61. The summed E-state index contributed by atoms with van der Waals surface area (Å²) in [4.78, 5) is 0. The molecule has 2 aromatic carbocycles. The maximum absolute atomic E-state index is 13.4. The van der Waals surface area contributed by atoms with E-state index < -0.39 is 0 Å². The third kappa shape index (κ3) is 3.16. The van der Waals surface area contributed by atoms with Gasteiger partial charge in [0.15, 0.2) is 0 Å². The van der Waals surface area contributed by atoms with Gasteiger partial charge in [0.25, 0.3) is 0 Å². The van der Waals surface area contributed by atoms with Crippen LogP contribution in [0.25, 0.3) is 0 Å². The fourth-order valence-corrected chi connectivity index (χ4v) is 2.49. The highest BCUT2D eigenvalue weighted by Gasteiger charge is 2.06. The van der Waals surface area contributed by atoms with Crippen molar-refractivity contribution in [2.75, 3.05) is 5.32 Å². The van der Waals surface area contributed by atoms with E-state index in [1.807, 2.05) is 6.92 Å². The summed E-state index contributed by atoms with van der Waals surface area (Å²) in [5.74, 6) is -0.227. The van der Waals surface area contributed by atoms with Crippen LogP contribution >= 0.6 is 15.9 Å². The van der Waals surface area contributed by atoms with Crippen LogP contribution in [0.5, 0.6) is 0 Å². The highest BCUT2D eigenvalue weighted by molar-refractivity contribution is 9.10. The molecule has 0 saturated carbocycles. The number of hydrogen-bond donors (Lipinski definition) is 1. The number of aryl methyl sites for hydroxylation is 3. The van der Waals surface area contributed by atoms with Crippen LogP contribution in [0.1, 0.15) is 22.3 Å². The smallest absolute Gasteiger partial charge is 0.137 e. The number of anilines is 1. The molecule has 100 valence electrons. The minimum atomic E-state index is -0.227. The summed E-state index contributed by atoms with van der Waals surface area (Å²) in [5, 5.41) is 3.38. The molecule has 0 aliphatic carbocycles. The van der Waals surface area contributed by atoms with E-state index >= 15 is 0 Å². The third-order valence-electron chi connectivity index (χ3n) is 3.37. The number of hydrogen-bond acceptors (Lipinski definition) is 1. The van der Waals surface area contributed by atoms with Crippen LogP contribution in [0, 0.1) is 26.6 Å². The van der Waals surface area contributed by atoms with E-state index in [0.717, 1.165) is 17.8 Å². The normalized spacial score (nSPS) is 10.6. The van der Waals surface area contributed by atoms with Crippen molar-refractivity contribution in [2.24, 2.45) is 0 Å². The van der Waals surface area contributed by atoms with Crippen LogP contribution in [-0.4, -0.2) is 0 Å².